The predicted molar refractivity (Wildman–Crippen MR) is 103 cm³/mol. The third-order valence-electron chi connectivity index (χ3n) is 4.56. The number of ether oxygens (including phenoxy) is 1. The van der Waals surface area contributed by atoms with Crippen molar-refractivity contribution < 1.29 is 22.7 Å². The molecule has 7 heteroatoms. The molecule has 1 heterocycles. The van der Waals surface area contributed by atoms with Gasteiger partial charge in [-0.25, -0.2) is 13.2 Å². The van der Waals surface area contributed by atoms with Gasteiger partial charge in [-0.05, 0) is 44.0 Å². The summed E-state index contributed by atoms with van der Waals surface area (Å²) in [5.41, 5.74) is 3.18. The van der Waals surface area contributed by atoms with E-state index in [-0.39, 0.29) is 5.78 Å². The normalized spacial score (nSPS) is 14.6. The fraction of sp³-hybridized carbons (Fsp3) is 0.300. The molecule has 3 rings (SSSR count). The lowest BCUT2D eigenvalue weighted by Crippen LogP contribution is -2.27. The van der Waals surface area contributed by atoms with E-state index in [2.05, 4.69) is 0 Å². The number of esters is 1. The molecule has 0 radical (unpaired) electrons. The Morgan fingerprint density at radius 2 is 1.70 bits per heavy atom. The molecule has 0 aliphatic carbocycles. The number of carbonyl (C=O) groups excluding carboxylic acids is 2. The second-order valence-electron chi connectivity index (χ2n) is 6.71. The van der Waals surface area contributed by atoms with Gasteiger partial charge in [0.25, 0.3) is 0 Å². The first-order valence-electron chi connectivity index (χ1n) is 8.59. The van der Waals surface area contributed by atoms with E-state index in [0.29, 0.717) is 29.8 Å². The third kappa shape index (κ3) is 4.03. The van der Waals surface area contributed by atoms with Crippen molar-refractivity contribution in [2.45, 2.75) is 26.4 Å². The number of hydrogen-bond acceptors (Lipinski definition) is 5. The summed E-state index contributed by atoms with van der Waals surface area (Å²) < 4.78 is 30.2. The van der Waals surface area contributed by atoms with Gasteiger partial charge < -0.3 is 4.74 Å². The second kappa shape index (κ2) is 7.15. The van der Waals surface area contributed by atoms with Gasteiger partial charge in [0.15, 0.2) is 6.10 Å². The summed E-state index contributed by atoms with van der Waals surface area (Å²) in [6.07, 6.45) is 0.769. The first-order chi connectivity index (χ1) is 12.7. The van der Waals surface area contributed by atoms with Gasteiger partial charge in [-0.3, -0.25) is 9.10 Å². The number of rotatable bonds is 5. The van der Waals surface area contributed by atoms with Crippen LogP contribution in [0.25, 0.3) is 0 Å². The van der Waals surface area contributed by atoms with Crippen LogP contribution in [0.1, 0.15) is 38.8 Å². The van der Waals surface area contributed by atoms with Crippen LogP contribution in [0.5, 0.6) is 0 Å². The minimum absolute atomic E-state index is 0.271. The number of aryl methyl sites for hydroxylation is 1. The van der Waals surface area contributed by atoms with Crippen molar-refractivity contribution in [1.29, 1.82) is 0 Å². The number of fused-ring (bicyclic) bond motifs is 1. The average molecular weight is 387 g/mol. The van der Waals surface area contributed by atoms with Crippen molar-refractivity contribution in [3.63, 3.8) is 0 Å². The smallest absolute Gasteiger partial charge is 0.338 e. The van der Waals surface area contributed by atoms with Crippen LogP contribution in [0.3, 0.4) is 0 Å². The number of benzene rings is 2. The maximum absolute atomic E-state index is 12.4. The van der Waals surface area contributed by atoms with Crippen molar-refractivity contribution in [1.82, 2.24) is 0 Å². The Labute approximate surface area is 158 Å². The summed E-state index contributed by atoms with van der Waals surface area (Å²) in [5.74, 6) is -0.878. The quantitative estimate of drug-likeness (QED) is 0.582. The average Bonchev–Trinajstić information content (AvgIpc) is 3.05. The number of Topliss-reactive ketones (excluding diaryl/α,β-unsaturated/α-hetero) is 1. The number of sulfonamides is 1. The fourth-order valence-corrected chi connectivity index (χ4v) is 4.04. The van der Waals surface area contributed by atoms with Crippen molar-refractivity contribution in [3.8, 4) is 0 Å². The molecule has 0 unspecified atom stereocenters. The molecule has 1 aliphatic heterocycles. The van der Waals surface area contributed by atoms with Crippen LogP contribution in [0.2, 0.25) is 0 Å². The van der Waals surface area contributed by atoms with E-state index in [1.54, 1.807) is 31.2 Å². The summed E-state index contributed by atoms with van der Waals surface area (Å²) in [6.45, 7) is 3.82. The SMILES string of the molecule is Cc1ccc(C(=O)[C@@H](C)OC(=O)c2ccc3c(c2)CCN3S(C)(=O)=O)cc1. The number of anilines is 1. The van der Waals surface area contributed by atoms with Crippen molar-refractivity contribution >= 4 is 27.5 Å². The minimum atomic E-state index is -3.34. The minimum Gasteiger partial charge on any atom is -0.451 e. The molecule has 0 fully saturated rings. The first-order valence-corrected chi connectivity index (χ1v) is 10.4. The van der Waals surface area contributed by atoms with Gasteiger partial charge >= 0.3 is 5.97 Å². The second-order valence-corrected chi connectivity index (χ2v) is 8.61. The lowest BCUT2D eigenvalue weighted by atomic mass is 10.1. The molecule has 0 spiro atoms. The fourth-order valence-electron chi connectivity index (χ4n) is 3.08. The van der Waals surface area contributed by atoms with Crippen molar-refractivity contribution in [2.75, 3.05) is 17.1 Å². The van der Waals surface area contributed by atoms with Crippen LogP contribution in [0.15, 0.2) is 42.5 Å². The molecule has 0 amide bonds. The summed E-state index contributed by atoms with van der Waals surface area (Å²) in [6, 6.07) is 11.8. The molecule has 1 atom stereocenters. The Balaban J connectivity index is 1.73. The van der Waals surface area contributed by atoms with Crippen LogP contribution in [0, 0.1) is 6.92 Å². The number of carbonyl (C=O) groups is 2. The Hall–Kier alpha value is -2.67. The monoisotopic (exact) mass is 387 g/mol. The zero-order chi connectivity index (χ0) is 19.8. The van der Waals surface area contributed by atoms with Crippen LogP contribution >= 0.6 is 0 Å². The van der Waals surface area contributed by atoms with Crippen LogP contribution in [-0.2, 0) is 21.2 Å². The van der Waals surface area contributed by atoms with E-state index in [4.69, 9.17) is 4.74 Å². The summed E-state index contributed by atoms with van der Waals surface area (Å²) in [5, 5.41) is 0. The highest BCUT2D eigenvalue weighted by Gasteiger charge is 2.27. The van der Waals surface area contributed by atoms with E-state index in [1.165, 1.54) is 10.4 Å². The van der Waals surface area contributed by atoms with Crippen LogP contribution in [0.4, 0.5) is 5.69 Å². The van der Waals surface area contributed by atoms with Crippen molar-refractivity contribution in [3.05, 3.63) is 64.7 Å². The summed E-state index contributed by atoms with van der Waals surface area (Å²) in [7, 11) is -3.34. The van der Waals surface area contributed by atoms with E-state index in [9.17, 15) is 18.0 Å². The topological polar surface area (TPSA) is 80.8 Å². The number of nitrogens with zero attached hydrogens (tertiary/aromatic N) is 1. The van der Waals surface area contributed by atoms with Crippen LogP contribution in [-0.4, -0.2) is 39.1 Å². The molecule has 0 bridgehead atoms. The lowest BCUT2D eigenvalue weighted by molar-refractivity contribution is 0.0318. The Kier molecular flexibility index (Phi) is 5.06. The molecule has 6 nitrogen and oxygen atoms in total. The maximum Gasteiger partial charge on any atom is 0.338 e. The van der Waals surface area contributed by atoms with Gasteiger partial charge in [0.2, 0.25) is 15.8 Å². The van der Waals surface area contributed by atoms with E-state index in [1.807, 2.05) is 19.1 Å². The highest BCUT2D eigenvalue weighted by atomic mass is 32.2. The standard InChI is InChI=1S/C20H21NO5S/c1-13-4-6-15(7-5-13)19(22)14(2)26-20(23)17-8-9-18-16(12-17)10-11-21(18)27(3,24)25/h4-9,12,14H,10-11H2,1-3H3/t14-/m1/s1. The lowest BCUT2D eigenvalue weighted by Gasteiger charge is -2.17. The molecule has 2 aromatic carbocycles. The highest BCUT2D eigenvalue weighted by molar-refractivity contribution is 7.92. The van der Waals surface area contributed by atoms with Crippen LogP contribution < -0.4 is 4.31 Å². The molecule has 142 valence electrons. The Bertz CT molecular complexity index is 996. The molecule has 1 aliphatic rings. The molecule has 0 saturated heterocycles. The summed E-state index contributed by atoms with van der Waals surface area (Å²) in [4.78, 5) is 24.8. The zero-order valence-corrected chi connectivity index (χ0v) is 16.2. The Morgan fingerprint density at radius 3 is 2.33 bits per heavy atom. The molecule has 0 saturated carbocycles. The maximum atomic E-state index is 12.4. The van der Waals surface area contributed by atoms with Gasteiger partial charge in [-0.1, -0.05) is 29.8 Å². The van der Waals surface area contributed by atoms with Gasteiger partial charge in [0.1, 0.15) is 0 Å². The van der Waals surface area contributed by atoms with E-state index >= 15 is 0 Å². The first kappa shape index (κ1) is 19.1. The molecule has 2 aromatic rings. The number of hydrogen-bond donors (Lipinski definition) is 0. The van der Waals surface area contributed by atoms with E-state index < -0.39 is 22.1 Å². The molecular weight excluding hydrogens is 366 g/mol. The third-order valence-corrected chi connectivity index (χ3v) is 5.74. The predicted octanol–water partition coefficient (Wildman–Crippen LogP) is 2.75. The molecule has 0 aromatic heterocycles. The highest BCUT2D eigenvalue weighted by Crippen LogP contribution is 2.31. The van der Waals surface area contributed by atoms with E-state index in [0.717, 1.165) is 17.4 Å². The van der Waals surface area contributed by atoms with Crippen molar-refractivity contribution in [2.24, 2.45) is 0 Å². The Morgan fingerprint density at radius 1 is 1.07 bits per heavy atom. The van der Waals surface area contributed by atoms with Gasteiger partial charge in [0, 0.05) is 12.1 Å². The summed E-state index contributed by atoms with van der Waals surface area (Å²) >= 11 is 0. The number of ketones is 1. The molecule has 0 N–H and O–H groups in total. The van der Waals surface area contributed by atoms with Gasteiger partial charge in [0.05, 0.1) is 17.5 Å². The van der Waals surface area contributed by atoms with Gasteiger partial charge in [-0.15, -0.1) is 0 Å². The van der Waals surface area contributed by atoms with Gasteiger partial charge in [-0.2, -0.15) is 0 Å². The largest absolute Gasteiger partial charge is 0.451 e. The zero-order valence-electron chi connectivity index (χ0n) is 15.4. The molecule has 27 heavy (non-hydrogen) atoms. The molecular formula is C20H21NO5S.